The van der Waals surface area contributed by atoms with Crippen LogP contribution in [-0.2, 0) is 9.84 Å². The van der Waals surface area contributed by atoms with Crippen molar-refractivity contribution in [3.05, 3.63) is 60.6 Å². The molecule has 0 atom stereocenters. The summed E-state index contributed by atoms with van der Waals surface area (Å²) in [5.74, 6) is 0. The van der Waals surface area contributed by atoms with Gasteiger partial charge in [0.2, 0.25) is 15.0 Å². The molecule has 130 valence electrons. The summed E-state index contributed by atoms with van der Waals surface area (Å²) in [7, 11) is -3.52. The maximum absolute atomic E-state index is 11.9. The maximum Gasteiger partial charge on any atom is 0.247 e. The monoisotopic (exact) mass is 365 g/mol. The van der Waals surface area contributed by atoms with E-state index in [4.69, 9.17) is 0 Å². The highest BCUT2D eigenvalue weighted by molar-refractivity contribution is 7.90. The Labute approximate surface area is 150 Å². The predicted octanol–water partition coefficient (Wildman–Crippen LogP) is 2.57. The number of nitrogens with zero attached hydrogens (tertiary/aromatic N) is 5. The van der Waals surface area contributed by atoms with Crippen LogP contribution in [-0.4, -0.2) is 39.2 Å². The third kappa shape index (κ3) is 2.84. The minimum atomic E-state index is -3.52. The Hall–Kier alpha value is -3.13. The van der Waals surface area contributed by atoms with Crippen molar-refractivity contribution in [2.24, 2.45) is 0 Å². The first-order valence-electron chi connectivity index (χ1n) is 7.88. The summed E-state index contributed by atoms with van der Waals surface area (Å²) in [4.78, 5) is 12.7. The third-order valence-corrected chi connectivity index (χ3v) is 4.75. The zero-order valence-electron chi connectivity index (χ0n) is 14.2. The van der Waals surface area contributed by atoms with Gasteiger partial charge in [-0.25, -0.2) is 22.9 Å². The molecule has 4 rings (SSSR count). The van der Waals surface area contributed by atoms with Gasteiger partial charge >= 0.3 is 0 Å². The van der Waals surface area contributed by atoms with Crippen molar-refractivity contribution < 1.29 is 8.42 Å². The quantitative estimate of drug-likeness (QED) is 0.518. The van der Waals surface area contributed by atoms with Crippen molar-refractivity contribution in [1.29, 1.82) is 0 Å². The maximum atomic E-state index is 11.9. The van der Waals surface area contributed by atoms with Crippen LogP contribution in [0.1, 0.15) is 5.69 Å². The van der Waals surface area contributed by atoms with E-state index in [0.29, 0.717) is 17.1 Å². The molecule has 8 heteroatoms. The topological polar surface area (TPSA) is 90.1 Å². The molecule has 0 unspecified atom stereocenters. The smallest absolute Gasteiger partial charge is 0.247 e. The molecule has 4 aromatic rings. The average molecular weight is 365 g/mol. The molecule has 0 aromatic carbocycles. The number of sulfone groups is 1. The lowest BCUT2D eigenvalue weighted by molar-refractivity contribution is 0.593. The van der Waals surface area contributed by atoms with Crippen LogP contribution in [0.25, 0.3) is 28.2 Å². The lowest BCUT2D eigenvalue weighted by atomic mass is 10.1. The van der Waals surface area contributed by atoms with E-state index in [-0.39, 0.29) is 5.16 Å². The fourth-order valence-corrected chi connectivity index (χ4v) is 3.28. The molecule has 7 nitrogen and oxygen atoms in total. The molecular formula is C18H15N5O2S. The molecule has 0 aliphatic carbocycles. The summed E-state index contributed by atoms with van der Waals surface area (Å²) in [6.45, 7) is 1.91. The molecule has 0 bridgehead atoms. The zero-order valence-corrected chi connectivity index (χ0v) is 15.0. The summed E-state index contributed by atoms with van der Waals surface area (Å²) >= 11 is 0. The van der Waals surface area contributed by atoms with E-state index in [1.54, 1.807) is 10.6 Å². The van der Waals surface area contributed by atoms with E-state index in [9.17, 15) is 8.42 Å². The molecule has 0 saturated carbocycles. The predicted molar refractivity (Wildman–Crippen MR) is 97.3 cm³/mol. The summed E-state index contributed by atoms with van der Waals surface area (Å²) in [5, 5.41) is 4.42. The van der Waals surface area contributed by atoms with E-state index in [1.165, 1.54) is 6.20 Å². The van der Waals surface area contributed by atoms with Crippen LogP contribution in [0.5, 0.6) is 0 Å². The zero-order chi connectivity index (χ0) is 18.3. The van der Waals surface area contributed by atoms with Crippen LogP contribution in [0.15, 0.2) is 60.0 Å². The van der Waals surface area contributed by atoms with Crippen molar-refractivity contribution in [2.75, 3.05) is 6.26 Å². The van der Waals surface area contributed by atoms with E-state index in [0.717, 1.165) is 23.0 Å². The second-order valence-corrected chi connectivity index (χ2v) is 7.82. The molecule has 0 radical (unpaired) electrons. The lowest BCUT2D eigenvalue weighted by Crippen LogP contribution is -2.04. The van der Waals surface area contributed by atoms with Crippen molar-refractivity contribution in [3.63, 3.8) is 0 Å². The average Bonchev–Trinajstić information content (AvgIpc) is 3.01. The van der Waals surface area contributed by atoms with Crippen LogP contribution in [0, 0.1) is 6.92 Å². The molecule has 4 heterocycles. The number of hydrogen-bond donors (Lipinski definition) is 0. The molecule has 4 aromatic heterocycles. The van der Waals surface area contributed by atoms with Gasteiger partial charge in [0.05, 0.1) is 22.5 Å². The van der Waals surface area contributed by atoms with Gasteiger partial charge in [-0.3, -0.25) is 4.98 Å². The molecular weight excluding hydrogens is 350 g/mol. The Morgan fingerprint density at radius 2 is 1.81 bits per heavy atom. The number of hydrogen-bond acceptors (Lipinski definition) is 6. The SMILES string of the molecule is Cc1cccc(-c2nn3ccccc3c2-c2ccnc(S(C)(=O)=O)n2)n1. The number of pyridine rings is 2. The van der Waals surface area contributed by atoms with Gasteiger partial charge in [0.25, 0.3) is 0 Å². The number of fused-ring (bicyclic) bond motifs is 1. The van der Waals surface area contributed by atoms with Crippen LogP contribution in [0.3, 0.4) is 0 Å². The molecule has 0 aliphatic heterocycles. The second kappa shape index (κ2) is 5.99. The molecule has 0 saturated heterocycles. The third-order valence-electron chi connectivity index (χ3n) is 3.89. The Kier molecular flexibility index (Phi) is 3.77. The van der Waals surface area contributed by atoms with Crippen molar-refractivity contribution in [2.45, 2.75) is 12.1 Å². The van der Waals surface area contributed by atoms with E-state index in [1.807, 2.05) is 49.5 Å². The summed E-state index contributed by atoms with van der Waals surface area (Å²) in [5.41, 5.74) is 4.21. The van der Waals surface area contributed by atoms with Crippen molar-refractivity contribution in [3.8, 4) is 22.6 Å². The molecule has 0 aliphatic rings. The highest BCUT2D eigenvalue weighted by Gasteiger charge is 2.20. The standard InChI is InChI=1S/C18H15N5O2S/c1-12-6-5-7-14(20-12)17-16(15-8-3-4-11-23(15)22-17)13-9-10-19-18(21-13)26(2,24)25/h3-11H,1-2H3. The Balaban J connectivity index is 2.05. The first-order chi connectivity index (χ1) is 12.4. The van der Waals surface area contributed by atoms with Gasteiger partial charge in [0.1, 0.15) is 5.69 Å². The Morgan fingerprint density at radius 3 is 2.58 bits per heavy atom. The Bertz CT molecular complexity index is 1230. The second-order valence-electron chi connectivity index (χ2n) is 5.91. The highest BCUT2D eigenvalue weighted by atomic mass is 32.2. The van der Waals surface area contributed by atoms with Gasteiger partial charge in [0.15, 0.2) is 0 Å². The minimum Gasteiger partial charge on any atom is -0.251 e. The first kappa shape index (κ1) is 16.3. The van der Waals surface area contributed by atoms with Gasteiger partial charge in [-0.2, -0.15) is 5.10 Å². The minimum absolute atomic E-state index is 0.214. The Morgan fingerprint density at radius 1 is 0.962 bits per heavy atom. The molecule has 0 fully saturated rings. The van der Waals surface area contributed by atoms with Crippen molar-refractivity contribution in [1.82, 2.24) is 24.6 Å². The van der Waals surface area contributed by atoms with E-state index < -0.39 is 9.84 Å². The van der Waals surface area contributed by atoms with Gasteiger partial charge in [0, 0.05) is 24.3 Å². The van der Waals surface area contributed by atoms with Crippen LogP contribution in [0.4, 0.5) is 0 Å². The van der Waals surface area contributed by atoms with E-state index in [2.05, 4.69) is 20.1 Å². The van der Waals surface area contributed by atoms with Gasteiger partial charge < -0.3 is 0 Å². The molecule has 0 spiro atoms. The van der Waals surface area contributed by atoms with Gasteiger partial charge in [-0.15, -0.1) is 0 Å². The number of aryl methyl sites for hydroxylation is 1. The van der Waals surface area contributed by atoms with E-state index >= 15 is 0 Å². The first-order valence-corrected chi connectivity index (χ1v) is 9.77. The lowest BCUT2D eigenvalue weighted by Gasteiger charge is -2.05. The number of rotatable bonds is 3. The summed E-state index contributed by atoms with van der Waals surface area (Å²) in [6, 6.07) is 13.0. The van der Waals surface area contributed by atoms with Gasteiger partial charge in [-0.1, -0.05) is 12.1 Å². The van der Waals surface area contributed by atoms with Gasteiger partial charge in [-0.05, 0) is 37.3 Å². The normalized spacial score (nSPS) is 11.8. The van der Waals surface area contributed by atoms with Crippen LogP contribution >= 0.6 is 0 Å². The summed E-state index contributed by atoms with van der Waals surface area (Å²) in [6.07, 6.45) is 4.36. The molecule has 0 amide bonds. The summed E-state index contributed by atoms with van der Waals surface area (Å²) < 4.78 is 25.5. The van der Waals surface area contributed by atoms with Crippen LogP contribution < -0.4 is 0 Å². The van der Waals surface area contributed by atoms with Crippen molar-refractivity contribution >= 4 is 15.4 Å². The fraction of sp³-hybridized carbons (Fsp3) is 0.111. The molecule has 26 heavy (non-hydrogen) atoms. The largest absolute Gasteiger partial charge is 0.251 e. The van der Waals surface area contributed by atoms with Crippen LogP contribution in [0.2, 0.25) is 0 Å². The molecule has 0 N–H and O–H groups in total. The highest BCUT2D eigenvalue weighted by Crippen LogP contribution is 2.33. The fourth-order valence-electron chi connectivity index (χ4n) is 2.76. The number of aromatic nitrogens is 5.